The van der Waals surface area contributed by atoms with Gasteiger partial charge in [0.1, 0.15) is 23.1 Å². The summed E-state index contributed by atoms with van der Waals surface area (Å²) in [5.41, 5.74) is 8.95. The first-order valence-electron chi connectivity index (χ1n) is 17.0. The maximum atomic E-state index is 6.68. The predicted octanol–water partition coefficient (Wildman–Crippen LogP) is 10.3. The molecule has 5 heterocycles. The van der Waals surface area contributed by atoms with Gasteiger partial charge in [-0.3, -0.25) is 4.57 Å². The van der Waals surface area contributed by atoms with Gasteiger partial charge in [-0.25, -0.2) is 9.97 Å². The fraction of sp³-hybridized carbons (Fsp3) is 0.0952. The van der Waals surface area contributed by atoms with Crippen LogP contribution in [0.4, 0.5) is 22.7 Å². The molecule has 0 amide bonds. The summed E-state index contributed by atoms with van der Waals surface area (Å²) in [4.78, 5) is 14.5. The lowest BCUT2D eigenvalue weighted by atomic mass is 9.82. The van der Waals surface area contributed by atoms with Crippen molar-refractivity contribution in [3.05, 3.63) is 152 Å². The van der Waals surface area contributed by atoms with E-state index in [9.17, 15) is 0 Å². The number of nitrogens with zero attached hydrogens (tertiary/aromatic N) is 6. The zero-order valence-electron chi connectivity index (χ0n) is 28.0. The number of benzene rings is 5. The summed E-state index contributed by atoms with van der Waals surface area (Å²) in [6.07, 6.45) is 5.87. The first kappa shape index (κ1) is 28.7. The van der Waals surface area contributed by atoms with Crippen LogP contribution >= 0.6 is 0 Å². The molecule has 0 bridgehead atoms. The van der Waals surface area contributed by atoms with Crippen LogP contribution in [0.2, 0.25) is 0 Å². The van der Waals surface area contributed by atoms with Gasteiger partial charge in [-0.15, -0.1) is 0 Å². The normalized spacial score (nSPS) is 13.4. The largest absolute Gasteiger partial charge is 0.519 e. The first-order valence-corrected chi connectivity index (χ1v) is 17.0. The van der Waals surface area contributed by atoms with Crippen LogP contribution < -0.4 is 14.4 Å². The maximum Gasteiger partial charge on any atom is 0.519 e. The molecule has 0 N–H and O–H groups in total. The van der Waals surface area contributed by atoms with Crippen molar-refractivity contribution in [3.63, 3.8) is 0 Å². The summed E-state index contributed by atoms with van der Waals surface area (Å²) in [5.74, 6) is 3.30. The number of pyridine rings is 1. The molecule has 8 aromatic rings. The number of rotatable bonds is 4. The number of aromatic nitrogens is 4. The Labute approximate surface area is 290 Å². The molecule has 8 heteroatoms. The van der Waals surface area contributed by atoms with Crippen LogP contribution in [0.3, 0.4) is 0 Å². The second-order valence-corrected chi connectivity index (χ2v) is 14.0. The van der Waals surface area contributed by atoms with Crippen molar-refractivity contribution in [3.8, 4) is 28.7 Å². The van der Waals surface area contributed by atoms with Gasteiger partial charge in [-0.2, -0.15) is 0 Å². The van der Waals surface area contributed by atoms with E-state index >= 15 is 0 Å². The van der Waals surface area contributed by atoms with E-state index < -0.39 is 0 Å². The van der Waals surface area contributed by atoms with Crippen LogP contribution in [0.1, 0.15) is 26.3 Å². The molecule has 2 aliphatic heterocycles. The van der Waals surface area contributed by atoms with Crippen LogP contribution in [0.25, 0.3) is 39.0 Å². The molecule has 0 spiro atoms. The summed E-state index contributed by atoms with van der Waals surface area (Å²) in [6, 6.07) is 44.7. The molecule has 0 saturated carbocycles. The van der Waals surface area contributed by atoms with Gasteiger partial charge in [0.15, 0.2) is 0 Å². The minimum absolute atomic E-state index is 0.00286. The van der Waals surface area contributed by atoms with E-state index in [-0.39, 0.29) is 12.5 Å². The third kappa shape index (κ3) is 4.24. The van der Waals surface area contributed by atoms with Crippen molar-refractivity contribution < 1.29 is 4.74 Å². The van der Waals surface area contributed by atoms with Gasteiger partial charge in [0.2, 0.25) is 0 Å². The Bertz CT molecular complexity index is 2600. The van der Waals surface area contributed by atoms with Crippen molar-refractivity contribution in [2.75, 3.05) is 9.62 Å². The molecule has 0 atom stereocenters. The van der Waals surface area contributed by atoms with Gasteiger partial charge in [-0.1, -0.05) is 69.3 Å². The molecular formula is C42H33BN6O. The fourth-order valence-electron chi connectivity index (χ4n) is 7.68. The molecule has 0 fully saturated rings. The SMILES string of the molecule is CC(C)(C)c1ccnc(-n2c3ccccc3c3ccc(Oc4ccc5c(c4)-c4nccn4B4N(c6ccccc6)c6ccccc6N45)cc32)c1. The van der Waals surface area contributed by atoms with Gasteiger partial charge in [-0.05, 0) is 83.8 Å². The Morgan fingerprint density at radius 1 is 0.600 bits per heavy atom. The van der Waals surface area contributed by atoms with E-state index in [1.165, 1.54) is 10.9 Å². The maximum absolute atomic E-state index is 6.68. The van der Waals surface area contributed by atoms with Crippen LogP contribution in [0.15, 0.2) is 146 Å². The number of fused-ring (bicyclic) bond motifs is 11. The molecule has 0 saturated heterocycles. The standard InChI is InChI=1S/C42H33BN6O/c1-42(2,3)28-21-22-44-40(25-28)47-35-14-8-7-13-32(35)33-19-17-31(27-39(33)47)50-30-18-20-36-34(26-30)41-45-23-24-46(41)43-48(29-11-5-4-6-12-29)37-15-9-10-16-38(37)49(36)43/h4-27H,1-3H3. The summed E-state index contributed by atoms with van der Waals surface area (Å²) in [5, 5.41) is 2.34. The Morgan fingerprint density at radius 2 is 1.32 bits per heavy atom. The van der Waals surface area contributed by atoms with Crippen molar-refractivity contribution in [1.29, 1.82) is 0 Å². The second-order valence-electron chi connectivity index (χ2n) is 14.0. The lowest BCUT2D eigenvalue weighted by molar-refractivity contribution is 0.483. The average molecular weight is 649 g/mol. The van der Waals surface area contributed by atoms with E-state index in [0.29, 0.717) is 0 Å². The molecule has 0 radical (unpaired) electrons. The van der Waals surface area contributed by atoms with E-state index in [2.05, 4.69) is 173 Å². The van der Waals surface area contributed by atoms with Gasteiger partial charge in [0, 0.05) is 52.4 Å². The highest BCUT2D eigenvalue weighted by Gasteiger charge is 2.49. The molecule has 7 nitrogen and oxygen atoms in total. The molecule has 50 heavy (non-hydrogen) atoms. The molecule has 2 aliphatic rings. The smallest absolute Gasteiger partial charge is 0.457 e. The number of hydrogen-bond acceptors (Lipinski definition) is 5. The Hall–Kier alpha value is -6.28. The minimum Gasteiger partial charge on any atom is -0.457 e. The van der Waals surface area contributed by atoms with Crippen LogP contribution in [-0.4, -0.2) is 26.1 Å². The van der Waals surface area contributed by atoms with Crippen molar-refractivity contribution in [1.82, 2.24) is 19.0 Å². The van der Waals surface area contributed by atoms with Crippen LogP contribution in [0.5, 0.6) is 11.5 Å². The van der Waals surface area contributed by atoms with Gasteiger partial charge < -0.3 is 18.8 Å². The summed E-state index contributed by atoms with van der Waals surface area (Å²) in [7, 11) is -0.124. The van der Waals surface area contributed by atoms with Gasteiger partial charge in [0.25, 0.3) is 0 Å². The zero-order valence-corrected chi connectivity index (χ0v) is 28.0. The molecular weight excluding hydrogens is 615 g/mol. The van der Waals surface area contributed by atoms with E-state index in [1.807, 2.05) is 12.4 Å². The summed E-state index contributed by atoms with van der Waals surface area (Å²) < 4.78 is 11.2. The minimum atomic E-state index is -0.124. The Kier molecular flexibility index (Phi) is 6.09. The fourth-order valence-corrected chi connectivity index (χ4v) is 7.68. The van der Waals surface area contributed by atoms with Gasteiger partial charge in [0.05, 0.1) is 22.4 Å². The topological polar surface area (TPSA) is 51.4 Å². The highest BCUT2D eigenvalue weighted by Crippen LogP contribution is 2.52. The molecule has 0 unspecified atom stereocenters. The number of para-hydroxylation sites is 4. The summed E-state index contributed by atoms with van der Waals surface area (Å²) >= 11 is 0. The van der Waals surface area contributed by atoms with Crippen molar-refractivity contribution in [2.24, 2.45) is 0 Å². The molecule has 10 rings (SSSR count). The predicted molar refractivity (Wildman–Crippen MR) is 203 cm³/mol. The Balaban J connectivity index is 1.08. The van der Waals surface area contributed by atoms with Crippen LogP contribution in [-0.2, 0) is 5.41 Å². The molecule has 5 aromatic carbocycles. The van der Waals surface area contributed by atoms with E-state index in [0.717, 1.165) is 67.9 Å². The summed E-state index contributed by atoms with van der Waals surface area (Å²) in [6.45, 7) is 6.70. The second kappa shape index (κ2) is 10.6. The quantitative estimate of drug-likeness (QED) is 0.178. The zero-order chi connectivity index (χ0) is 33.6. The average Bonchev–Trinajstić information content (AvgIpc) is 3.85. The number of anilines is 4. The number of hydrogen-bond donors (Lipinski definition) is 0. The Morgan fingerprint density at radius 3 is 2.16 bits per heavy atom. The molecule has 3 aromatic heterocycles. The lowest BCUT2D eigenvalue weighted by Crippen LogP contribution is -2.51. The van der Waals surface area contributed by atoms with Gasteiger partial charge >= 0.3 is 7.12 Å². The highest BCUT2D eigenvalue weighted by atomic mass is 16.5. The van der Waals surface area contributed by atoms with Crippen molar-refractivity contribution in [2.45, 2.75) is 26.2 Å². The van der Waals surface area contributed by atoms with Crippen molar-refractivity contribution >= 4 is 51.7 Å². The number of imidazole rings is 1. The molecule has 240 valence electrons. The monoisotopic (exact) mass is 648 g/mol. The lowest BCUT2D eigenvalue weighted by Gasteiger charge is -2.35. The van der Waals surface area contributed by atoms with Crippen LogP contribution in [0, 0.1) is 0 Å². The van der Waals surface area contributed by atoms with E-state index in [4.69, 9.17) is 14.7 Å². The first-order chi connectivity index (χ1) is 24.4. The number of ether oxygens (including phenoxy) is 1. The van der Waals surface area contributed by atoms with E-state index in [1.54, 1.807) is 0 Å². The third-order valence-corrected chi connectivity index (χ3v) is 10.0. The highest BCUT2D eigenvalue weighted by molar-refractivity contribution is 6.73. The molecule has 0 aliphatic carbocycles. The third-order valence-electron chi connectivity index (χ3n) is 10.0.